The Hall–Kier alpha value is -3.62. The summed E-state index contributed by atoms with van der Waals surface area (Å²) >= 11 is 5.90. The third-order valence-electron chi connectivity index (χ3n) is 4.08. The minimum atomic E-state index is 0.0213. The molecular formula is C19H22ClN9O2. The van der Waals surface area contributed by atoms with Gasteiger partial charge in [0.25, 0.3) is 0 Å². The van der Waals surface area contributed by atoms with Crippen molar-refractivity contribution < 1.29 is 9.47 Å². The van der Waals surface area contributed by atoms with Gasteiger partial charge in [-0.3, -0.25) is 10.7 Å². The smallest absolute Gasteiger partial charge is 0.320 e. The van der Waals surface area contributed by atoms with Crippen LogP contribution in [0.1, 0.15) is 5.56 Å². The van der Waals surface area contributed by atoms with Crippen molar-refractivity contribution in [1.82, 2.24) is 15.3 Å². The summed E-state index contributed by atoms with van der Waals surface area (Å²) in [5.74, 6) is 1.20. The van der Waals surface area contributed by atoms with Gasteiger partial charge in [0.05, 0.1) is 26.0 Å². The Labute approximate surface area is 184 Å². The fraction of sp³-hybridized carbons (Fsp3) is 0.316. The SMILES string of the molecule is N#CNC(N)=NCCOc1nc(N/N=C/c2ccc(Cl)cc2)cc(N2CCOCC2)n1. The topological polar surface area (TPSA) is 146 Å². The van der Waals surface area contributed by atoms with E-state index in [2.05, 4.69) is 35.7 Å². The Balaban J connectivity index is 1.69. The molecule has 1 aliphatic rings. The Kier molecular flexibility index (Phi) is 8.21. The van der Waals surface area contributed by atoms with E-state index >= 15 is 0 Å². The van der Waals surface area contributed by atoms with Crippen LogP contribution in [0.15, 0.2) is 40.4 Å². The number of nitrogens with zero attached hydrogens (tertiary/aromatic N) is 6. The van der Waals surface area contributed by atoms with E-state index in [1.165, 1.54) is 0 Å². The molecule has 162 valence electrons. The number of nitrogens with one attached hydrogen (secondary N) is 2. The minimum Gasteiger partial charge on any atom is -0.461 e. The molecule has 0 radical (unpaired) electrons. The average Bonchev–Trinajstić information content (AvgIpc) is 2.79. The first-order valence-electron chi connectivity index (χ1n) is 9.48. The van der Waals surface area contributed by atoms with Gasteiger partial charge in [-0.05, 0) is 17.7 Å². The number of benzene rings is 1. The predicted octanol–water partition coefficient (Wildman–Crippen LogP) is 1.18. The van der Waals surface area contributed by atoms with Gasteiger partial charge in [-0.25, -0.2) is 4.99 Å². The molecule has 1 fully saturated rings. The van der Waals surface area contributed by atoms with Crippen molar-refractivity contribution in [2.45, 2.75) is 0 Å². The van der Waals surface area contributed by atoms with E-state index in [0.29, 0.717) is 43.0 Å². The van der Waals surface area contributed by atoms with E-state index in [4.69, 9.17) is 32.1 Å². The van der Waals surface area contributed by atoms with Crippen LogP contribution in [0.25, 0.3) is 0 Å². The quantitative estimate of drug-likeness (QED) is 0.137. The highest BCUT2D eigenvalue weighted by atomic mass is 35.5. The number of halogens is 1. The summed E-state index contributed by atoms with van der Waals surface area (Å²) in [5.41, 5.74) is 9.29. The van der Waals surface area contributed by atoms with Crippen LogP contribution in [-0.4, -0.2) is 61.6 Å². The normalized spacial score (nSPS) is 14.3. The second-order valence-electron chi connectivity index (χ2n) is 6.27. The molecule has 0 spiro atoms. The first-order valence-corrected chi connectivity index (χ1v) is 9.86. The highest BCUT2D eigenvalue weighted by molar-refractivity contribution is 6.30. The fourth-order valence-electron chi connectivity index (χ4n) is 2.61. The molecule has 0 amide bonds. The van der Waals surface area contributed by atoms with Gasteiger partial charge < -0.3 is 20.1 Å². The molecule has 0 saturated carbocycles. The van der Waals surface area contributed by atoms with Gasteiger partial charge in [0.2, 0.25) is 5.96 Å². The van der Waals surface area contributed by atoms with Crippen LogP contribution in [0.2, 0.25) is 5.02 Å². The Bertz CT molecular complexity index is 954. The van der Waals surface area contributed by atoms with Gasteiger partial charge in [0, 0.05) is 24.2 Å². The summed E-state index contributed by atoms with van der Waals surface area (Å²) in [6.07, 6.45) is 3.36. The van der Waals surface area contributed by atoms with Crippen molar-refractivity contribution in [3.8, 4) is 12.2 Å². The maximum Gasteiger partial charge on any atom is 0.320 e. The molecule has 0 atom stereocenters. The van der Waals surface area contributed by atoms with Crippen LogP contribution >= 0.6 is 11.6 Å². The largest absolute Gasteiger partial charge is 0.461 e. The van der Waals surface area contributed by atoms with E-state index in [1.807, 2.05) is 12.1 Å². The second-order valence-corrected chi connectivity index (χ2v) is 6.70. The summed E-state index contributed by atoms with van der Waals surface area (Å²) in [6.45, 7) is 3.10. The van der Waals surface area contributed by atoms with Gasteiger partial charge in [-0.15, -0.1) is 0 Å². The highest BCUT2D eigenvalue weighted by Crippen LogP contribution is 2.20. The van der Waals surface area contributed by atoms with E-state index in [9.17, 15) is 0 Å². The number of guanidine groups is 1. The van der Waals surface area contributed by atoms with Crippen LogP contribution in [0.4, 0.5) is 11.6 Å². The molecule has 1 aromatic heterocycles. The fourth-order valence-corrected chi connectivity index (χ4v) is 2.74. The summed E-state index contributed by atoms with van der Waals surface area (Å²) in [4.78, 5) is 14.9. The first kappa shape index (κ1) is 22.1. The van der Waals surface area contributed by atoms with Gasteiger partial charge in [0.1, 0.15) is 12.4 Å². The number of nitrogens with two attached hydrogens (primary N) is 1. The molecule has 3 rings (SSSR count). The van der Waals surface area contributed by atoms with Gasteiger partial charge in [0.15, 0.2) is 12.0 Å². The summed E-state index contributed by atoms with van der Waals surface area (Å²) in [5, 5.41) is 15.6. The summed E-state index contributed by atoms with van der Waals surface area (Å²) < 4.78 is 11.0. The number of aliphatic imine (C=N–C) groups is 1. The summed E-state index contributed by atoms with van der Waals surface area (Å²) in [6, 6.07) is 9.26. The third kappa shape index (κ3) is 7.29. The maximum absolute atomic E-state index is 8.50. The average molecular weight is 444 g/mol. The third-order valence-corrected chi connectivity index (χ3v) is 4.33. The van der Waals surface area contributed by atoms with Crippen LogP contribution in [0.3, 0.4) is 0 Å². The molecule has 12 heteroatoms. The standard InChI is InChI=1S/C19H22ClN9O2/c20-15-3-1-14(2-4-15)12-25-28-16-11-17(29-6-9-30-10-7-29)27-19(26-16)31-8-5-23-18(22)24-13-21/h1-4,11-12H,5-10H2,(H3,22,23,24)(H,26,27,28)/b25-12+. The lowest BCUT2D eigenvalue weighted by Crippen LogP contribution is -2.36. The Morgan fingerprint density at radius 3 is 2.84 bits per heavy atom. The zero-order valence-corrected chi connectivity index (χ0v) is 17.4. The van der Waals surface area contributed by atoms with Gasteiger partial charge in [-0.2, -0.15) is 20.3 Å². The van der Waals surface area contributed by atoms with E-state index < -0.39 is 0 Å². The number of ether oxygens (including phenoxy) is 2. The molecule has 0 unspecified atom stereocenters. The maximum atomic E-state index is 8.50. The molecule has 1 saturated heterocycles. The van der Waals surface area contributed by atoms with E-state index in [1.54, 1.807) is 30.6 Å². The van der Waals surface area contributed by atoms with Crippen molar-refractivity contribution in [1.29, 1.82) is 5.26 Å². The van der Waals surface area contributed by atoms with Gasteiger partial charge >= 0.3 is 6.01 Å². The predicted molar refractivity (Wildman–Crippen MR) is 118 cm³/mol. The van der Waals surface area contributed by atoms with Crippen molar-refractivity contribution >= 4 is 35.4 Å². The Morgan fingerprint density at radius 2 is 2.10 bits per heavy atom. The van der Waals surface area contributed by atoms with Crippen LogP contribution in [0, 0.1) is 11.5 Å². The highest BCUT2D eigenvalue weighted by Gasteiger charge is 2.15. The summed E-state index contributed by atoms with van der Waals surface area (Å²) in [7, 11) is 0. The lowest BCUT2D eigenvalue weighted by molar-refractivity contribution is 0.122. The number of hydrogen-bond donors (Lipinski definition) is 3. The number of morpholine rings is 1. The van der Waals surface area contributed by atoms with Crippen molar-refractivity contribution in [2.75, 3.05) is 49.8 Å². The number of rotatable bonds is 8. The zero-order valence-electron chi connectivity index (χ0n) is 16.7. The molecule has 0 bridgehead atoms. The van der Waals surface area contributed by atoms with Crippen molar-refractivity contribution in [3.63, 3.8) is 0 Å². The second kappa shape index (κ2) is 11.5. The van der Waals surface area contributed by atoms with Crippen LogP contribution in [-0.2, 0) is 4.74 Å². The van der Waals surface area contributed by atoms with Crippen LogP contribution in [0.5, 0.6) is 6.01 Å². The van der Waals surface area contributed by atoms with Crippen molar-refractivity contribution in [2.24, 2.45) is 15.8 Å². The monoisotopic (exact) mass is 443 g/mol. The number of anilines is 2. The molecule has 31 heavy (non-hydrogen) atoms. The van der Waals surface area contributed by atoms with Crippen LogP contribution < -0.4 is 26.1 Å². The Morgan fingerprint density at radius 1 is 1.32 bits per heavy atom. The molecule has 11 nitrogen and oxygen atoms in total. The number of aromatic nitrogens is 2. The molecule has 2 heterocycles. The van der Waals surface area contributed by atoms with Gasteiger partial charge in [-0.1, -0.05) is 23.7 Å². The lowest BCUT2D eigenvalue weighted by atomic mass is 10.2. The number of hydrazone groups is 1. The molecule has 1 aliphatic heterocycles. The molecule has 0 aliphatic carbocycles. The van der Waals surface area contributed by atoms with Crippen molar-refractivity contribution in [3.05, 3.63) is 40.9 Å². The molecule has 4 N–H and O–H groups in total. The molecule has 1 aromatic carbocycles. The number of hydrogen-bond acceptors (Lipinski definition) is 9. The van der Waals surface area contributed by atoms with E-state index in [0.717, 1.165) is 5.56 Å². The molecular weight excluding hydrogens is 422 g/mol. The molecule has 2 aromatic rings. The number of nitriles is 1. The first-order chi connectivity index (χ1) is 15.1. The zero-order chi connectivity index (χ0) is 21.9. The minimum absolute atomic E-state index is 0.0213. The lowest BCUT2D eigenvalue weighted by Gasteiger charge is -2.28. The van der Waals surface area contributed by atoms with E-state index in [-0.39, 0.29) is 25.1 Å².